The Bertz CT molecular complexity index is 2500. The smallest absolute Gasteiger partial charge is 0.320 e. The summed E-state index contributed by atoms with van der Waals surface area (Å²) in [6, 6.07) is 21.2. The van der Waals surface area contributed by atoms with Crippen molar-refractivity contribution < 1.29 is 114 Å². The van der Waals surface area contributed by atoms with Crippen LogP contribution >= 0.6 is 0 Å². The quantitative estimate of drug-likeness (QED) is 0.0399. The molecule has 0 aromatic heterocycles. The third-order valence-electron chi connectivity index (χ3n) is 12.4. The zero-order valence-corrected chi connectivity index (χ0v) is 56.6. The van der Waals surface area contributed by atoms with Crippen LogP contribution in [0, 0.1) is 11.8 Å². The molecule has 564 valence electrons. The van der Waals surface area contributed by atoms with Crippen molar-refractivity contribution in [3.8, 4) is 0 Å². The maximum Gasteiger partial charge on any atom is 0.320 e. The van der Waals surface area contributed by atoms with Crippen molar-refractivity contribution in [1.82, 2.24) is 10.6 Å². The van der Waals surface area contributed by atoms with Crippen molar-refractivity contribution in [3.63, 3.8) is 0 Å². The first-order valence-electron chi connectivity index (χ1n) is 30.8. The molecule has 5 rings (SSSR count). The van der Waals surface area contributed by atoms with E-state index in [9.17, 15) is 57.5 Å². The molecule has 36 heteroatoms. The molecule has 0 unspecified atom stereocenters. The van der Waals surface area contributed by atoms with Crippen LogP contribution in [0.3, 0.4) is 0 Å². The fraction of sp³-hybridized carbons (Fsp3) is 0.524. The Morgan fingerprint density at radius 3 is 0.818 bits per heavy atom. The van der Waals surface area contributed by atoms with Gasteiger partial charge in [0.25, 0.3) is 0 Å². The Morgan fingerprint density at radius 1 is 0.404 bits per heavy atom. The van der Waals surface area contributed by atoms with E-state index in [1.165, 1.54) is 6.92 Å². The van der Waals surface area contributed by atoms with Gasteiger partial charge in [-0.25, -0.2) is 0 Å². The van der Waals surface area contributed by atoms with Gasteiger partial charge in [0.05, 0.1) is 6.54 Å². The van der Waals surface area contributed by atoms with Gasteiger partial charge in [0.2, 0.25) is 5.91 Å². The van der Waals surface area contributed by atoms with Crippen LogP contribution in [-0.4, -0.2) is 214 Å². The first-order chi connectivity index (χ1) is 45.9. The number of unbranched alkanes of at least 4 members (excludes halogenated alkanes) is 1. The van der Waals surface area contributed by atoms with Gasteiger partial charge in [-0.1, -0.05) is 125 Å². The van der Waals surface area contributed by atoms with Gasteiger partial charge >= 0.3 is 65.7 Å². The summed E-state index contributed by atoms with van der Waals surface area (Å²) in [4.78, 5) is 121. The number of hydrogen-bond donors (Lipinski definition) is 24. The summed E-state index contributed by atoms with van der Waals surface area (Å²) in [6.45, 7) is 10.6. The molecule has 36 nitrogen and oxygen atoms in total. The van der Waals surface area contributed by atoms with Gasteiger partial charge in [-0.15, -0.1) is 0 Å². The number of amides is 1. The van der Waals surface area contributed by atoms with E-state index in [0.29, 0.717) is 32.2 Å². The van der Waals surface area contributed by atoms with Crippen molar-refractivity contribution in [3.05, 3.63) is 108 Å². The molecule has 2 heterocycles. The van der Waals surface area contributed by atoms with Gasteiger partial charge in [-0.3, -0.25) is 57.5 Å². The molecule has 1 amide bonds. The molecule has 2 fully saturated rings. The topological polar surface area (TPSA) is 738 Å². The average molecular weight is 1420 g/mol. The van der Waals surface area contributed by atoms with E-state index >= 15 is 0 Å². The number of primary amides is 1. The number of hydrogen-bond acceptors (Lipinski definition) is 24. The summed E-state index contributed by atoms with van der Waals surface area (Å²) in [5.74, 6) is -10.6. The average Bonchev–Trinajstić information content (AvgIpc) is 2.90. The highest BCUT2D eigenvalue weighted by Crippen LogP contribution is 2.07. The lowest BCUT2D eigenvalue weighted by Crippen LogP contribution is -2.34. The Labute approximate surface area is 575 Å². The molecule has 0 radical (unpaired) electrons. The third-order valence-corrected chi connectivity index (χ3v) is 12.4. The molecule has 10 atom stereocenters. The van der Waals surface area contributed by atoms with E-state index in [1.807, 2.05) is 91.0 Å². The van der Waals surface area contributed by atoms with E-state index in [2.05, 4.69) is 16.4 Å². The van der Waals surface area contributed by atoms with Crippen LogP contribution in [0.5, 0.6) is 0 Å². The molecule has 2 aliphatic heterocycles. The van der Waals surface area contributed by atoms with Crippen LogP contribution in [0.25, 0.3) is 0 Å². The molecule has 99 heavy (non-hydrogen) atoms. The van der Waals surface area contributed by atoms with Crippen molar-refractivity contribution >= 4 is 71.6 Å². The number of aliphatic carboxylic acids is 11. The number of carbonyl (C=O) groups excluding carboxylic acids is 1. The van der Waals surface area contributed by atoms with Crippen LogP contribution in [0.15, 0.2) is 91.0 Å². The maximum atomic E-state index is 10.4. The Balaban J connectivity index is -0.000000242. The summed E-state index contributed by atoms with van der Waals surface area (Å²) in [7, 11) is 0. The van der Waals surface area contributed by atoms with Gasteiger partial charge < -0.3 is 130 Å². The first-order valence-corrected chi connectivity index (χ1v) is 30.8. The lowest BCUT2D eigenvalue weighted by Gasteiger charge is -2.07. The van der Waals surface area contributed by atoms with Crippen LogP contribution in [0.1, 0.15) is 109 Å². The third kappa shape index (κ3) is 65.9. The van der Waals surface area contributed by atoms with E-state index in [0.717, 1.165) is 68.3 Å². The van der Waals surface area contributed by atoms with E-state index < -0.39 is 120 Å². The minimum absolute atomic E-state index is 0.0208. The van der Waals surface area contributed by atoms with Crippen molar-refractivity contribution in [1.29, 1.82) is 0 Å². The highest BCUT2D eigenvalue weighted by atomic mass is 16.4. The fourth-order valence-corrected chi connectivity index (χ4v) is 6.28. The zero-order chi connectivity index (χ0) is 77.9. The Hall–Kier alpha value is -9.18. The second-order valence-corrected chi connectivity index (χ2v) is 22.0. The Kier molecular flexibility index (Phi) is 63.5. The second-order valence-electron chi connectivity index (χ2n) is 22.0. The number of carbonyl (C=O) groups is 12. The molecule has 3 aromatic rings. The predicted octanol–water partition coefficient (Wildman–Crippen LogP) is -1.68. The van der Waals surface area contributed by atoms with E-state index in [1.54, 1.807) is 27.7 Å². The monoisotopic (exact) mass is 1420 g/mol. The molecule has 0 spiro atoms. The van der Waals surface area contributed by atoms with Crippen LogP contribution < -0.4 is 73.7 Å². The molecular formula is C63H109N13O23. The van der Waals surface area contributed by atoms with Crippen LogP contribution in [0.2, 0.25) is 0 Å². The molecule has 0 bridgehead atoms. The highest BCUT2D eigenvalue weighted by molar-refractivity contribution is 5.78. The van der Waals surface area contributed by atoms with Gasteiger partial charge in [0, 0.05) is 6.42 Å². The van der Waals surface area contributed by atoms with Crippen LogP contribution in [0.4, 0.5) is 0 Å². The van der Waals surface area contributed by atoms with Crippen LogP contribution in [-0.2, 0) is 76.8 Å². The number of carboxylic acid groups (broad SMARTS) is 11. The van der Waals surface area contributed by atoms with Crippen molar-refractivity contribution in [2.24, 2.45) is 74.9 Å². The molecular weight excluding hydrogens is 1310 g/mol. The summed E-state index contributed by atoms with van der Waals surface area (Å²) < 4.78 is 0. The number of nitrogens with two attached hydrogens (primary N) is 11. The maximum absolute atomic E-state index is 10.4. The minimum atomic E-state index is -1.11. The number of nitrogens with one attached hydrogen (secondary N) is 2. The molecule has 0 aliphatic carbocycles. The predicted molar refractivity (Wildman–Crippen MR) is 366 cm³/mol. The normalized spacial score (nSPS) is 15.1. The first kappa shape index (κ1) is 101. The SMILES string of the molecule is CC(C)[C@H](N)C(=O)O.CC(C)[C@H](N)C(=O)O.C[C@H](N)C(=O)O.NC(=O)CC[C@H](N)C(=O)O.NCC(=O)O.NCCCC[C@H](N)C(=O)O.N[C@@H](Cc1ccccc1)C(=O)O.N[C@@H](Cc1ccccc1)C(=O)O.N[C@@H](Cc1ccccc1)C(=O)O.O=C(O)[C@@H]1CCCN1.O=C(O)[C@@H]1CCCN1. The molecule has 35 N–H and O–H groups in total. The molecule has 2 aliphatic rings. The highest BCUT2D eigenvalue weighted by Gasteiger charge is 2.22. The number of benzene rings is 3. The van der Waals surface area contributed by atoms with Gasteiger partial charge in [0.1, 0.15) is 60.4 Å². The molecule has 2 saturated heterocycles. The summed E-state index contributed by atoms with van der Waals surface area (Å²) in [5.41, 5.74) is 58.9. The lowest BCUT2D eigenvalue weighted by atomic mass is 10.1. The summed E-state index contributed by atoms with van der Waals surface area (Å²) in [5, 5.41) is 96.4. The van der Waals surface area contributed by atoms with E-state index in [4.69, 9.17) is 114 Å². The summed E-state index contributed by atoms with van der Waals surface area (Å²) in [6.07, 6.45) is 7.01. The van der Waals surface area contributed by atoms with Gasteiger partial charge in [0.15, 0.2) is 0 Å². The van der Waals surface area contributed by atoms with Crippen molar-refractivity contribution in [2.75, 3.05) is 26.2 Å². The zero-order valence-electron chi connectivity index (χ0n) is 56.6. The van der Waals surface area contributed by atoms with Gasteiger partial charge in [-0.2, -0.15) is 0 Å². The Morgan fingerprint density at radius 2 is 0.667 bits per heavy atom. The standard InChI is InChI=1S/3C9H11NO2.C6H14N2O2.C5H10N2O3.2C5H9NO2.2C5H11NO2.C3H7NO2.C2H5NO2/c3*10-8(9(11)12)6-7-4-2-1-3-5-7;7-4-2-1-3-5(8)6(9)10;6-3(5(9)10)1-2-4(7)8;2*7-5(8)4-2-1-3-6-4;2*1-3(2)4(6)5(7)8;1-2(4)3(5)6;3-1-2(4)5/h3*1-5,8H,6,10H2,(H,11,12);5H,1-4,7-8H2,(H,9,10);3H,1-2,6H2,(H2,7,8)(H,9,10);2*4,6H,1-3H2,(H,7,8);2*3-4H,6H2,1-2H3,(H,7,8);2H,4H2,1H3,(H,5,6);1,3H2,(H,4,5)/t3*8-;5-;3-;4*4-;2-;/m0000000000./s1. The molecule has 3 aromatic carbocycles. The fourth-order valence-electron chi connectivity index (χ4n) is 6.28. The largest absolute Gasteiger partial charge is 0.480 e. The van der Waals surface area contributed by atoms with Crippen molar-refractivity contribution in [2.45, 2.75) is 172 Å². The van der Waals surface area contributed by atoms with Gasteiger partial charge in [-0.05, 0) is 119 Å². The second kappa shape index (κ2) is 62.3. The summed E-state index contributed by atoms with van der Waals surface area (Å²) >= 11 is 0. The van der Waals surface area contributed by atoms with E-state index in [-0.39, 0.29) is 43.3 Å². The minimum Gasteiger partial charge on any atom is -0.480 e. The number of rotatable bonds is 26. The molecule has 0 saturated carbocycles. The number of carboxylic acids is 11. The lowest BCUT2D eigenvalue weighted by molar-refractivity contribution is -0.140.